The van der Waals surface area contributed by atoms with Crippen LogP contribution in [0.1, 0.15) is 80.7 Å². The number of hydrogen-bond acceptors (Lipinski definition) is 11. The van der Waals surface area contributed by atoms with E-state index in [2.05, 4.69) is 5.32 Å². The molecular formula is C30H47NO11. The van der Waals surface area contributed by atoms with Gasteiger partial charge >= 0.3 is 24.4 Å². The number of benzene rings is 1. The lowest BCUT2D eigenvalue weighted by Gasteiger charge is -2.32. The molecule has 0 saturated heterocycles. The molecule has 0 aliphatic carbocycles. The molecule has 2 N–H and O–H groups in total. The van der Waals surface area contributed by atoms with Gasteiger partial charge < -0.3 is 33.5 Å². The Bertz CT molecular complexity index is 1050. The molecule has 12 nitrogen and oxygen atoms in total. The third-order valence-electron chi connectivity index (χ3n) is 5.96. The lowest BCUT2D eigenvalue weighted by molar-refractivity contribution is -0.167. The van der Waals surface area contributed by atoms with Gasteiger partial charge in [0, 0.05) is 12.5 Å². The second-order valence-corrected chi connectivity index (χ2v) is 11.9. The quantitative estimate of drug-likeness (QED) is 0.100. The van der Waals surface area contributed by atoms with Crippen molar-refractivity contribution in [1.82, 2.24) is 5.32 Å². The van der Waals surface area contributed by atoms with E-state index in [4.69, 9.17) is 28.4 Å². The first kappa shape index (κ1) is 36.5. The molecule has 0 spiro atoms. The van der Waals surface area contributed by atoms with Crippen molar-refractivity contribution in [2.24, 2.45) is 17.3 Å². The van der Waals surface area contributed by atoms with Crippen LogP contribution in [0.15, 0.2) is 18.2 Å². The molecule has 1 aromatic carbocycles. The van der Waals surface area contributed by atoms with Crippen molar-refractivity contribution in [2.45, 2.75) is 93.3 Å². The predicted molar refractivity (Wildman–Crippen MR) is 154 cm³/mol. The van der Waals surface area contributed by atoms with E-state index in [0.717, 1.165) is 12.8 Å². The van der Waals surface area contributed by atoms with Crippen LogP contribution in [-0.4, -0.2) is 61.1 Å². The van der Waals surface area contributed by atoms with Gasteiger partial charge in [-0.25, -0.2) is 19.2 Å². The van der Waals surface area contributed by atoms with Crippen LogP contribution in [0.4, 0.5) is 14.4 Å². The maximum atomic E-state index is 12.5. The van der Waals surface area contributed by atoms with E-state index in [9.17, 15) is 24.3 Å². The molecule has 0 aliphatic rings. The van der Waals surface area contributed by atoms with Gasteiger partial charge in [-0.2, -0.15) is 0 Å². The van der Waals surface area contributed by atoms with Gasteiger partial charge in [0.25, 0.3) is 5.72 Å². The van der Waals surface area contributed by atoms with E-state index in [-0.39, 0.29) is 54.1 Å². The SMILES string of the molecule is CCC(C)COC(=O)Oc1ccc(C[C@](NC(C)C)(OC(=O)OCC(C)(C)C)C(=O)O)cc1OC(=O)OCC(C)CC. The number of carboxylic acid groups (broad SMARTS) is 1. The van der Waals surface area contributed by atoms with E-state index in [1.165, 1.54) is 18.2 Å². The third kappa shape index (κ3) is 13.4. The molecule has 3 atom stereocenters. The van der Waals surface area contributed by atoms with Gasteiger partial charge in [-0.15, -0.1) is 0 Å². The van der Waals surface area contributed by atoms with Crippen LogP contribution < -0.4 is 14.8 Å². The van der Waals surface area contributed by atoms with Gasteiger partial charge in [0.05, 0.1) is 19.8 Å². The minimum Gasteiger partial charge on any atom is -0.477 e. The van der Waals surface area contributed by atoms with Crippen molar-refractivity contribution >= 4 is 24.4 Å². The summed E-state index contributed by atoms with van der Waals surface area (Å²) >= 11 is 0. The van der Waals surface area contributed by atoms with Gasteiger partial charge in [-0.3, -0.25) is 5.32 Å². The fourth-order valence-electron chi connectivity index (χ4n) is 3.22. The Kier molecular flexibility index (Phi) is 14.6. The maximum Gasteiger partial charge on any atom is 0.513 e. The van der Waals surface area contributed by atoms with Gasteiger partial charge in [0.2, 0.25) is 0 Å². The number of carbonyl (C=O) groups excluding carboxylic acids is 3. The Morgan fingerprint density at radius 1 is 0.810 bits per heavy atom. The molecule has 1 rings (SSSR count). The first-order valence-corrected chi connectivity index (χ1v) is 14.2. The van der Waals surface area contributed by atoms with Crippen LogP contribution >= 0.6 is 0 Å². The monoisotopic (exact) mass is 597 g/mol. The van der Waals surface area contributed by atoms with Crippen molar-refractivity contribution in [1.29, 1.82) is 0 Å². The molecule has 0 saturated carbocycles. The summed E-state index contributed by atoms with van der Waals surface area (Å²) in [5.41, 5.74) is -2.36. The summed E-state index contributed by atoms with van der Waals surface area (Å²) in [6.45, 7) is 16.8. The summed E-state index contributed by atoms with van der Waals surface area (Å²) in [5.74, 6) is -1.66. The zero-order valence-corrected chi connectivity index (χ0v) is 26.2. The van der Waals surface area contributed by atoms with Crippen molar-refractivity contribution in [3.05, 3.63) is 23.8 Å². The Morgan fingerprint density at radius 3 is 1.79 bits per heavy atom. The van der Waals surface area contributed by atoms with Gasteiger partial charge in [0.1, 0.15) is 0 Å². The van der Waals surface area contributed by atoms with Crippen LogP contribution in [0.2, 0.25) is 0 Å². The average molecular weight is 598 g/mol. The number of aliphatic carboxylic acids is 1. The number of carbonyl (C=O) groups is 4. The summed E-state index contributed by atoms with van der Waals surface area (Å²) in [5, 5.41) is 13.0. The molecular weight excluding hydrogens is 550 g/mol. The largest absolute Gasteiger partial charge is 0.513 e. The topological polar surface area (TPSA) is 156 Å². The molecule has 0 fully saturated rings. The van der Waals surface area contributed by atoms with Crippen LogP contribution in [0.5, 0.6) is 11.5 Å². The van der Waals surface area contributed by atoms with Crippen molar-refractivity contribution in [3.8, 4) is 11.5 Å². The number of carboxylic acids is 1. The zero-order chi connectivity index (χ0) is 32.1. The molecule has 42 heavy (non-hydrogen) atoms. The Hall–Kier alpha value is -3.54. The van der Waals surface area contributed by atoms with E-state index in [0.29, 0.717) is 0 Å². The fraction of sp³-hybridized carbons (Fsp3) is 0.667. The standard InChI is InChI=1S/C30H47NO11/c1-10-20(5)16-37-26(34)40-23-13-12-22(14-24(23)41-27(35)38-17-21(6)11-2)15-30(25(32)33,31-19(3)4)42-28(36)39-18-29(7,8)9/h12-14,19-21,31H,10-11,15-18H2,1-9H3,(H,32,33)/t20?,21?,30-/m0/s1. The predicted octanol–water partition coefficient (Wildman–Crippen LogP) is 6.33. The highest BCUT2D eigenvalue weighted by Crippen LogP contribution is 2.32. The normalized spacial score (nSPS) is 14.2. The highest BCUT2D eigenvalue weighted by atomic mass is 16.8. The molecule has 0 radical (unpaired) electrons. The zero-order valence-electron chi connectivity index (χ0n) is 26.2. The summed E-state index contributed by atoms with van der Waals surface area (Å²) in [6, 6.07) is 3.63. The lowest BCUT2D eigenvalue weighted by Crippen LogP contribution is -2.59. The van der Waals surface area contributed by atoms with E-state index < -0.39 is 42.6 Å². The molecule has 2 unspecified atom stereocenters. The Balaban J connectivity index is 3.36. The smallest absolute Gasteiger partial charge is 0.477 e. The first-order valence-electron chi connectivity index (χ1n) is 14.2. The second kappa shape index (κ2) is 16.8. The van der Waals surface area contributed by atoms with Gasteiger partial charge in [-0.05, 0) is 48.8 Å². The van der Waals surface area contributed by atoms with Crippen molar-refractivity contribution in [3.63, 3.8) is 0 Å². The van der Waals surface area contributed by atoms with Crippen LogP contribution in [-0.2, 0) is 30.2 Å². The molecule has 238 valence electrons. The highest BCUT2D eigenvalue weighted by molar-refractivity contribution is 5.80. The minimum absolute atomic E-state index is 0.000865. The van der Waals surface area contributed by atoms with E-state index >= 15 is 0 Å². The Morgan fingerprint density at radius 2 is 1.33 bits per heavy atom. The summed E-state index contributed by atoms with van der Waals surface area (Å²) in [7, 11) is 0. The number of nitrogens with one attached hydrogen (secondary N) is 1. The van der Waals surface area contributed by atoms with Gasteiger partial charge in [-0.1, -0.05) is 67.4 Å². The first-order chi connectivity index (χ1) is 19.5. The fourth-order valence-corrected chi connectivity index (χ4v) is 3.22. The van der Waals surface area contributed by atoms with Crippen LogP contribution in [0.25, 0.3) is 0 Å². The summed E-state index contributed by atoms with van der Waals surface area (Å²) < 4.78 is 31.4. The van der Waals surface area contributed by atoms with Crippen molar-refractivity contribution in [2.75, 3.05) is 19.8 Å². The molecule has 0 aromatic heterocycles. The molecule has 12 heteroatoms. The average Bonchev–Trinajstić information content (AvgIpc) is 2.89. The highest BCUT2D eigenvalue weighted by Gasteiger charge is 2.44. The van der Waals surface area contributed by atoms with Gasteiger partial charge in [0.15, 0.2) is 11.5 Å². The van der Waals surface area contributed by atoms with E-state index in [1.54, 1.807) is 13.8 Å². The van der Waals surface area contributed by atoms with Crippen LogP contribution in [0, 0.1) is 17.3 Å². The van der Waals surface area contributed by atoms with E-state index in [1.807, 2.05) is 48.5 Å². The molecule has 1 aromatic rings. The lowest BCUT2D eigenvalue weighted by atomic mass is 9.99. The number of rotatable bonds is 15. The number of hydrogen-bond donors (Lipinski definition) is 2. The molecule has 0 bridgehead atoms. The maximum absolute atomic E-state index is 12.5. The summed E-state index contributed by atoms with van der Waals surface area (Å²) in [6.07, 6.45) is -2.06. The van der Waals surface area contributed by atoms with Crippen molar-refractivity contribution < 1.29 is 52.7 Å². The molecule has 0 heterocycles. The second-order valence-electron chi connectivity index (χ2n) is 11.9. The number of ether oxygens (including phenoxy) is 6. The minimum atomic E-state index is -2.24. The molecule has 0 amide bonds. The van der Waals surface area contributed by atoms with Crippen LogP contribution in [0.3, 0.4) is 0 Å². The molecule has 0 aliphatic heterocycles. The third-order valence-corrected chi connectivity index (χ3v) is 5.96. The summed E-state index contributed by atoms with van der Waals surface area (Å²) in [4.78, 5) is 49.9. The Labute approximate surface area is 248 Å².